The molecule has 0 spiro atoms. The number of piperidine rings is 1. The summed E-state index contributed by atoms with van der Waals surface area (Å²) in [6.07, 6.45) is 4.65. The first-order valence-corrected chi connectivity index (χ1v) is 7.02. The molecule has 0 aromatic heterocycles. The van der Waals surface area contributed by atoms with Crippen molar-refractivity contribution in [3.05, 3.63) is 0 Å². The molecular weight excluding hydrogens is 214 g/mol. The average Bonchev–Trinajstić information content (AvgIpc) is 2.29. The van der Waals surface area contributed by atoms with E-state index in [0.29, 0.717) is 6.61 Å². The largest absolute Gasteiger partial charge is 0.466 e. The van der Waals surface area contributed by atoms with E-state index in [9.17, 15) is 4.79 Å². The maximum absolute atomic E-state index is 11.7. The van der Waals surface area contributed by atoms with Gasteiger partial charge in [0.15, 0.2) is 0 Å². The van der Waals surface area contributed by atoms with Crippen LogP contribution >= 0.6 is 0 Å². The highest BCUT2D eigenvalue weighted by molar-refractivity contribution is 5.72. The summed E-state index contributed by atoms with van der Waals surface area (Å²) < 4.78 is 5.11. The Hall–Kier alpha value is -0.570. The molecular formula is C14H27NO2. The first kappa shape index (κ1) is 14.5. The Kier molecular flexibility index (Phi) is 6.56. The van der Waals surface area contributed by atoms with Gasteiger partial charge in [-0.15, -0.1) is 0 Å². The maximum atomic E-state index is 11.7. The van der Waals surface area contributed by atoms with Crippen molar-refractivity contribution < 1.29 is 9.53 Å². The van der Waals surface area contributed by atoms with Gasteiger partial charge in [0.2, 0.25) is 0 Å². The number of esters is 1. The Balaban J connectivity index is 2.26. The third kappa shape index (κ3) is 5.53. The van der Waals surface area contributed by atoms with E-state index in [0.717, 1.165) is 38.4 Å². The Morgan fingerprint density at radius 1 is 1.47 bits per heavy atom. The average molecular weight is 241 g/mol. The van der Waals surface area contributed by atoms with Gasteiger partial charge in [0, 0.05) is 6.54 Å². The molecule has 17 heavy (non-hydrogen) atoms. The van der Waals surface area contributed by atoms with Crippen LogP contribution in [0.2, 0.25) is 0 Å². The highest BCUT2D eigenvalue weighted by atomic mass is 16.5. The number of ether oxygens (including phenoxy) is 1. The minimum absolute atomic E-state index is 0.000981. The number of likely N-dealkylation sites (tertiary alicyclic amines) is 1. The van der Waals surface area contributed by atoms with Crippen LogP contribution in [0.15, 0.2) is 0 Å². The molecule has 100 valence electrons. The van der Waals surface area contributed by atoms with E-state index in [1.165, 1.54) is 12.8 Å². The van der Waals surface area contributed by atoms with Crippen LogP contribution in [-0.2, 0) is 9.53 Å². The Morgan fingerprint density at radius 3 is 2.88 bits per heavy atom. The van der Waals surface area contributed by atoms with Crippen LogP contribution < -0.4 is 0 Å². The zero-order valence-electron chi connectivity index (χ0n) is 11.6. The summed E-state index contributed by atoms with van der Waals surface area (Å²) in [5.74, 6) is 0.893. The molecule has 3 heteroatoms. The van der Waals surface area contributed by atoms with E-state index < -0.39 is 0 Å². The highest BCUT2D eigenvalue weighted by Crippen LogP contribution is 2.18. The second-order valence-electron chi connectivity index (χ2n) is 5.43. The van der Waals surface area contributed by atoms with E-state index in [4.69, 9.17) is 4.74 Å². The van der Waals surface area contributed by atoms with Crippen LogP contribution in [0.25, 0.3) is 0 Å². The van der Waals surface area contributed by atoms with Crippen molar-refractivity contribution in [3.8, 4) is 0 Å². The molecule has 0 saturated carbocycles. The molecule has 3 nitrogen and oxygen atoms in total. The van der Waals surface area contributed by atoms with Gasteiger partial charge in [0.25, 0.3) is 0 Å². The predicted octanol–water partition coefficient (Wildman–Crippen LogP) is 2.70. The highest BCUT2D eigenvalue weighted by Gasteiger charge is 2.26. The lowest BCUT2D eigenvalue weighted by Crippen LogP contribution is -2.39. The van der Waals surface area contributed by atoms with Crippen molar-refractivity contribution in [3.63, 3.8) is 0 Å². The molecule has 0 bridgehead atoms. The summed E-state index contributed by atoms with van der Waals surface area (Å²) in [5, 5.41) is 0. The lowest BCUT2D eigenvalue weighted by atomic mass is 9.97. The van der Waals surface area contributed by atoms with E-state index in [1.54, 1.807) is 0 Å². The molecule has 1 aliphatic rings. The normalized spacial score (nSPS) is 21.8. The molecule has 0 aromatic carbocycles. The third-order valence-electron chi connectivity index (χ3n) is 3.38. The summed E-state index contributed by atoms with van der Waals surface area (Å²) in [6, 6.07) is 0. The minimum Gasteiger partial charge on any atom is -0.466 e. The number of carbonyl (C=O) groups is 1. The summed E-state index contributed by atoms with van der Waals surface area (Å²) in [7, 11) is 0. The fourth-order valence-electron chi connectivity index (χ4n) is 2.43. The minimum atomic E-state index is 0.000981. The number of rotatable bonds is 6. The molecule has 1 fully saturated rings. The molecule has 0 aliphatic carbocycles. The van der Waals surface area contributed by atoms with Crippen LogP contribution in [0, 0.1) is 11.8 Å². The van der Waals surface area contributed by atoms with Crippen LogP contribution in [0.3, 0.4) is 0 Å². The van der Waals surface area contributed by atoms with Crippen molar-refractivity contribution >= 4 is 5.97 Å². The van der Waals surface area contributed by atoms with Gasteiger partial charge in [-0.2, -0.15) is 0 Å². The number of carbonyl (C=O) groups excluding carboxylic acids is 1. The van der Waals surface area contributed by atoms with Crippen LogP contribution in [-0.4, -0.2) is 37.1 Å². The van der Waals surface area contributed by atoms with Crippen molar-refractivity contribution in [2.24, 2.45) is 11.8 Å². The molecule has 0 radical (unpaired) electrons. The first-order valence-electron chi connectivity index (χ1n) is 7.02. The Morgan fingerprint density at radius 2 is 2.24 bits per heavy atom. The lowest BCUT2D eigenvalue weighted by molar-refractivity contribution is -0.149. The summed E-state index contributed by atoms with van der Waals surface area (Å²) >= 11 is 0. The second-order valence-corrected chi connectivity index (χ2v) is 5.43. The lowest BCUT2D eigenvalue weighted by Gasteiger charge is -2.31. The van der Waals surface area contributed by atoms with E-state index in [-0.39, 0.29) is 11.9 Å². The summed E-state index contributed by atoms with van der Waals surface area (Å²) in [4.78, 5) is 14.1. The predicted molar refractivity (Wildman–Crippen MR) is 69.9 cm³/mol. The number of nitrogens with zero attached hydrogens (tertiary/aromatic N) is 1. The molecule has 1 saturated heterocycles. The molecule has 1 heterocycles. The van der Waals surface area contributed by atoms with Gasteiger partial charge >= 0.3 is 5.97 Å². The van der Waals surface area contributed by atoms with Gasteiger partial charge < -0.3 is 9.64 Å². The van der Waals surface area contributed by atoms with Crippen molar-refractivity contribution in [1.82, 2.24) is 4.90 Å². The van der Waals surface area contributed by atoms with Gasteiger partial charge in [0.05, 0.1) is 12.5 Å². The fraction of sp³-hybridized carbons (Fsp3) is 0.929. The molecule has 0 amide bonds. The summed E-state index contributed by atoms with van der Waals surface area (Å²) in [6.45, 7) is 10.1. The van der Waals surface area contributed by atoms with Crippen LogP contribution in [0.4, 0.5) is 0 Å². The van der Waals surface area contributed by atoms with Gasteiger partial charge in [-0.1, -0.05) is 13.8 Å². The second kappa shape index (κ2) is 7.70. The summed E-state index contributed by atoms with van der Waals surface area (Å²) in [5.41, 5.74) is 0. The molecule has 0 unspecified atom stereocenters. The SMILES string of the molecule is CCOC(=O)[C@@H]1CCCN(CCCC(C)C)C1. The smallest absolute Gasteiger partial charge is 0.310 e. The molecule has 1 rings (SSSR count). The maximum Gasteiger partial charge on any atom is 0.310 e. The molecule has 1 aliphatic heterocycles. The zero-order chi connectivity index (χ0) is 12.7. The van der Waals surface area contributed by atoms with Crippen molar-refractivity contribution in [1.29, 1.82) is 0 Å². The first-order chi connectivity index (χ1) is 8.13. The zero-order valence-corrected chi connectivity index (χ0v) is 11.6. The standard InChI is InChI=1S/C14H27NO2/c1-4-17-14(16)13-8-6-10-15(11-13)9-5-7-12(2)3/h12-13H,4-11H2,1-3H3/t13-/m1/s1. The molecule has 0 N–H and O–H groups in total. The van der Waals surface area contributed by atoms with Crippen molar-refractivity contribution in [2.75, 3.05) is 26.2 Å². The monoisotopic (exact) mass is 241 g/mol. The topological polar surface area (TPSA) is 29.5 Å². The Labute approximate surface area is 106 Å². The van der Waals surface area contributed by atoms with E-state index >= 15 is 0 Å². The van der Waals surface area contributed by atoms with Gasteiger partial charge in [-0.3, -0.25) is 4.79 Å². The van der Waals surface area contributed by atoms with Gasteiger partial charge in [0.1, 0.15) is 0 Å². The van der Waals surface area contributed by atoms with E-state index in [2.05, 4.69) is 18.7 Å². The quantitative estimate of drug-likeness (QED) is 0.670. The van der Waals surface area contributed by atoms with Crippen LogP contribution in [0.5, 0.6) is 0 Å². The molecule has 0 aromatic rings. The Bertz CT molecular complexity index is 228. The van der Waals surface area contributed by atoms with Crippen LogP contribution in [0.1, 0.15) is 46.5 Å². The molecule has 1 atom stereocenters. The van der Waals surface area contributed by atoms with Gasteiger partial charge in [-0.25, -0.2) is 0 Å². The van der Waals surface area contributed by atoms with Crippen molar-refractivity contribution in [2.45, 2.75) is 46.5 Å². The number of hydrogen-bond acceptors (Lipinski definition) is 3. The fourth-order valence-corrected chi connectivity index (χ4v) is 2.43. The van der Waals surface area contributed by atoms with E-state index in [1.807, 2.05) is 6.92 Å². The third-order valence-corrected chi connectivity index (χ3v) is 3.38. The van der Waals surface area contributed by atoms with Gasteiger partial charge in [-0.05, 0) is 51.6 Å². The number of hydrogen-bond donors (Lipinski definition) is 0.